The van der Waals surface area contributed by atoms with E-state index in [1.165, 1.54) is 11.3 Å². The van der Waals surface area contributed by atoms with Gasteiger partial charge in [0.2, 0.25) is 0 Å². The summed E-state index contributed by atoms with van der Waals surface area (Å²) in [5, 5.41) is 15.8. The van der Waals surface area contributed by atoms with Gasteiger partial charge >= 0.3 is 5.00 Å². The van der Waals surface area contributed by atoms with Gasteiger partial charge in [-0.15, -0.1) is 0 Å². The van der Waals surface area contributed by atoms with E-state index in [1.807, 2.05) is 5.38 Å². The summed E-state index contributed by atoms with van der Waals surface area (Å²) in [6.07, 6.45) is 2.06. The normalized spacial score (nSPS) is 12.7. The molecule has 0 aliphatic heterocycles. The van der Waals surface area contributed by atoms with E-state index in [4.69, 9.17) is 0 Å². The highest BCUT2D eigenvalue weighted by Crippen LogP contribution is 2.22. The maximum atomic E-state index is 10.4. The maximum Gasteiger partial charge on any atom is 0.324 e. The van der Waals surface area contributed by atoms with E-state index in [-0.39, 0.29) is 9.92 Å². The van der Waals surface area contributed by atoms with Crippen LogP contribution in [0.5, 0.6) is 0 Å². The Hall–Kier alpha value is -0.590. The molecule has 0 radical (unpaired) electrons. The molecule has 1 rings (SSSR count). The zero-order valence-corrected chi connectivity index (χ0v) is 10.4. The number of nitrogens with zero attached hydrogens (tertiary/aromatic N) is 1. The molecule has 0 saturated carbocycles. The summed E-state index contributed by atoms with van der Waals surface area (Å²) < 4.78 is 0. The van der Waals surface area contributed by atoms with Gasteiger partial charge in [0.15, 0.2) is 0 Å². The molecule has 84 valence electrons. The molecule has 0 aromatic carbocycles. The fourth-order valence-corrected chi connectivity index (χ4v) is 2.50. The molecule has 0 aliphatic rings. The average Bonchev–Trinajstić information content (AvgIpc) is 2.63. The number of rotatable bonds is 6. The topological polar surface area (TPSA) is 55.2 Å². The molecule has 0 spiro atoms. The predicted molar refractivity (Wildman–Crippen MR) is 65.7 cm³/mol. The minimum atomic E-state index is -0.348. The number of nitrogens with one attached hydrogen (secondary N) is 1. The van der Waals surface area contributed by atoms with Crippen LogP contribution in [0.2, 0.25) is 0 Å². The van der Waals surface area contributed by atoms with Crippen LogP contribution in [0.15, 0.2) is 11.4 Å². The van der Waals surface area contributed by atoms with Crippen LogP contribution in [0.3, 0.4) is 0 Å². The van der Waals surface area contributed by atoms with Gasteiger partial charge in [-0.25, -0.2) is 0 Å². The molecule has 1 aromatic heterocycles. The van der Waals surface area contributed by atoms with E-state index in [9.17, 15) is 10.1 Å². The van der Waals surface area contributed by atoms with Crippen LogP contribution >= 0.6 is 23.1 Å². The Morgan fingerprint density at radius 2 is 2.47 bits per heavy atom. The fraction of sp³-hybridized carbons (Fsp3) is 0.556. The Labute approximate surface area is 97.2 Å². The van der Waals surface area contributed by atoms with Crippen LogP contribution in [0.25, 0.3) is 0 Å². The minimum Gasteiger partial charge on any atom is -0.309 e. The standard InChI is InChI=1S/C9H14N2O2S2/c1-7(5-14-2)10-4-8-3-9(11(12)13)15-6-8/h3,6-7,10H,4-5H2,1-2H3. The quantitative estimate of drug-likeness (QED) is 0.619. The van der Waals surface area contributed by atoms with Crippen LogP contribution in [-0.2, 0) is 6.54 Å². The zero-order valence-electron chi connectivity index (χ0n) is 8.73. The molecule has 0 amide bonds. The molecular weight excluding hydrogens is 232 g/mol. The third kappa shape index (κ3) is 4.19. The number of thioether (sulfide) groups is 1. The summed E-state index contributed by atoms with van der Waals surface area (Å²) in [6, 6.07) is 2.06. The van der Waals surface area contributed by atoms with Crippen LogP contribution in [0.1, 0.15) is 12.5 Å². The van der Waals surface area contributed by atoms with Crippen LogP contribution < -0.4 is 5.32 Å². The van der Waals surface area contributed by atoms with E-state index in [1.54, 1.807) is 17.8 Å². The molecular formula is C9H14N2O2S2. The molecule has 1 unspecified atom stereocenters. The van der Waals surface area contributed by atoms with Gasteiger partial charge in [0.05, 0.1) is 4.92 Å². The molecule has 1 heterocycles. The first kappa shape index (κ1) is 12.5. The largest absolute Gasteiger partial charge is 0.324 e. The molecule has 0 aliphatic carbocycles. The van der Waals surface area contributed by atoms with Crippen molar-refractivity contribution in [3.63, 3.8) is 0 Å². The van der Waals surface area contributed by atoms with Crippen molar-refractivity contribution in [1.29, 1.82) is 0 Å². The molecule has 1 atom stereocenters. The second-order valence-corrected chi connectivity index (χ2v) is 5.09. The van der Waals surface area contributed by atoms with Gasteiger partial charge in [-0.3, -0.25) is 10.1 Å². The highest BCUT2D eigenvalue weighted by Gasteiger charge is 2.09. The number of thiophene rings is 1. The SMILES string of the molecule is CSCC(C)NCc1csc([N+](=O)[O-])c1. The smallest absolute Gasteiger partial charge is 0.309 e. The van der Waals surface area contributed by atoms with Gasteiger partial charge in [-0.1, -0.05) is 11.3 Å². The average molecular weight is 246 g/mol. The molecule has 4 nitrogen and oxygen atoms in total. The number of nitro groups is 1. The number of hydrogen-bond donors (Lipinski definition) is 1. The Morgan fingerprint density at radius 1 is 1.73 bits per heavy atom. The Kier molecular flexibility index (Phi) is 5.07. The zero-order chi connectivity index (χ0) is 11.3. The van der Waals surface area contributed by atoms with E-state index in [0.717, 1.165) is 11.3 Å². The summed E-state index contributed by atoms with van der Waals surface area (Å²) in [4.78, 5) is 10.1. The minimum absolute atomic E-state index is 0.212. The van der Waals surface area contributed by atoms with Crippen LogP contribution in [0.4, 0.5) is 5.00 Å². The third-order valence-electron chi connectivity index (χ3n) is 1.89. The molecule has 0 fully saturated rings. The van der Waals surface area contributed by atoms with Gasteiger partial charge in [-0.05, 0) is 18.7 Å². The Balaban J connectivity index is 2.40. The summed E-state index contributed by atoms with van der Waals surface area (Å²) >= 11 is 2.97. The van der Waals surface area contributed by atoms with E-state index in [2.05, 4.69) is 18.5 Å². The van der Waals surface area contributed by atoms with Gasteiger partial charge in [0, 0.05) is 29.8 Å². The van der Waals surface area contributed by atoms with Crippen LogP contribution in [0, 0.1) is 10.1 Å². The molecule has 0 saturated heterocycles. The van der Waals surface area contributed by atoms with E-state index in [0.29, 0.717) is 12.6 Å². The van der Waals surface area contributed by atoms with Gasteiger partial charge in [0.25, 0.3) is 0 Å². The summed E-state index contributed by atoms with van der Waals surface area (Å²) in [7, 11) is 0. The molecule has 6 heteroatoms. The lowest BCUT2D eigenvalue weighted by atomic mass is 10.3. The number of hydrogen-bond acceptors (Lipinski definition) is 5. The lowest BCUT2D eigenvalue weighted by molar-refractivity contribution is -0.380. The lowest BCUT2D eigenvalue weighted by Crippen LogP contribution is -2.27. The van der Waals surface area contributed by atoms with Crippen molar-refractivity contribution in [2.24, 2.45) is 0 Å². The molecule has 1 aromatic rings. The summed E-state index contributed by atoms with van der Waals surface area (Å²) in [6.45, 7) is 2.81. The Bertz CT molecular complexity index is 328. The fourth-order valence-electron chi connectivity index (χ4n) is 1.15. The lowest BCUT2D eigenvalue weighted by Gasteiger charge is -2.10. The summed E-state index contributed by atoms with van der Waals surface area (Å²) in [5.74, 6) is 1.05. The van der Waals surface area contributed by atoms with Gasteiger partial charge in [-0.2, -0.15) is 11.8 Å². The van der Waals surface area contributed by atoms with Crippen molar-refractivity contribution >= 4 is 28.1 Å². The first-order valence-corrected chi connectivity index (χ1v) is 6.85. The van der Waals surface area contributed by atoms with Gasteiger partial charge in [0.1, 0.15) is 0 Å². The summed E-state index contributed by atoms with van der Waals surface area (Å²) in [5.41, 5.74) is 0.986. The second-order valence-electron chi connectivity index (χ2n) is 3.29. The second kappa shape index (κ2) is 6.09. The monoisotopic (exact) mass is 246 g/mol. The predicted octanol–water partition coefficient (Wildman–Crippen LogP) is 2.50. The van der Waals surface area contributed by atoms with E-state index >= 15 is 0 Å². The van der Waals surface area contributed by atoms with Crippen molar-refractivity contribution in [2.45, 2.75) is 19.5 Å². The third-order valence-corrected chi connectivity index (χ3v) is 3.65. The molecule has 15 heavy (non-hydrogen) atoms. The van der Waals surface area contributed by atoms with Crippen LogP contribution in [-0.4, -0.2) is 23.0 Å². The van der Waals surface area contributed by atoms with Crippen molar-refractivity contribution < 1.29 is 4.92 Å². The highest BCUT2D eigenvalue weighted by atomic mass is 32.2. The van der Waals surface area contributed by atoms with Crippen molar-refractivity contribution in [3.8, 4) is 0 Å². The first-order valence-electron chi connectivity index (χ1n) is 4.57. The first-order chi connectivity index (χ1) is 7.13. The maximum absolute atomic E-state index is 10.4. The van der Waals surface area contributed by atoms with Gasteiger partial charge < -0.3 is 5.32 Å². The van der Waals surface area contributed by atoms with E-state index < -0.39 is 0 Å². The molecule has 0 bridgehead atoms. The highest BCUT2D eigenvalue weighted by molar-refractivity contribution is 7.98. The molecule has 1 N–H and O–H groups in total. The van der Waals surface area contributed by atoms with Crippen molar-refractivity contribution in [2.75, 3.05) is 12.0 Å². The van der Waals surface area contributed by atoms with Crippen molar-refractivity contribution in [3.05, 3.63) is 27.1 Å². The Morgan fingerprint density at radius 3 is 3.00 bits per heavy atom. The van der Waals surface area contributed by atoms with Crippen molar-refractivity contribution in [1.82, 2.24) is 5.32 Å².